The van der Waals surface area contributed by atoms with E-state index in [1.807, 2.05) is 24.3 Å². The number of aromatic nitrogens is 1. The second-order valence-electron chi connectivity index (χ2n) is 7.68. The van der Waals surface area contributed by atoms with Gasteiger partial charge in [0, 0.05) is 22.7 Å². The highest BCUT2D eigenvalue weighted by Crippen LogP contribution is 2.31. The smallest absolute Gasteiger partial charge is 0.333 e. The molecule has 3 aromatic carbocycles. The van der Waals surface area contributed by atoms with E-state index >= 15 is 0 Å². The van der Waals surface area contributed by atoms with Crippen molar-refractivity contribution < 1.29 is 14.4 Å². The Labute approximate surface area is 195 Å². The Kier molecular flexibility index (Phi) is 5.24. The highest BCUT2D eigenvalue weighted by molar-refractivity contribution is 6.46. The molecule has 0 atom stereocenters. The Balaban J connectivity index is 1.70. The second-order valence-corrected chi connectivity index (χ2v) is 7.68. The lowest BCUT2D eigenvalue weighted by Crippen LogP contribution is -2.57. The molecular weight excluding hydrogens is 428 g/mol. The van der Waals surface area contributed by atoms with Crippen LogP contribution in [-0.4, -0.2) is 22.4 Å². The van der Waals surface area contributed by atoms with Gasteiger partial charge >= 0.3 is 6.03 Å². The lowest BCUT2D eigenvalue weighted by molar-refractivity contribution is -0.121. The van der Waals surface area contributed by atoms with E-state index in [4.69, 9.17) is 0 Å². The van der Waals surface area contributed by atoms with Gasteiger partial charge in [-0.05, 0) is 36.4 Å². The van der Waals surface area contributed by atoms with Crippen molar-refractivity contribution in [2.75, 3.05) is 9.80 Å². The number of carbonyl (C=O) groups is 3. The number of hydrogen-bond donors (Lipinski definition) is 0. The van der Waals surface area contributed by atoms with E-state index in [2.05, 4.69) is 6.07 Å². The molecule has 34 heavy (non-hydrogen) atoms. The summed E-state index contributed by atoms with van der Waals surface area (Å²) in [5, 5.41) is 9.99. The van der Waals surface area contributed by atoms with Gasteiger partial charge in [-0.25, -0.2) is 14.6 Å². The highest BCUT2D eigenvalue weighted by atomic mass is 16.2. The Morgan fingerprint density at radius 1 is 0.735 bits per heavy atom. The predicted molar refractivity (Wildman–Crippen MR) is 129 cm³/mol. The number of anilines is 2. The fraction of sp³-hybridized carbons (Fsp3) is 0.0370. The minimum atomic E-state index is -0.739. The maximum atomic E-state index is 13.5. The minimum absolute atomic E-state index is 0.121. The molecule has 0 unspecified atom stereocenters. The number of nitriles is 1. The number of para-hydroxylation sites is 3. The van der Waals surface area contributed by atoms with E-state index in [1.165, 1.54) is 6.08 Å². The molecule has 7 nitrogen and oxygen atoms in total. The Morgan fingerprint density at radius 3 is 1.82 bits per heavy atom. The summed E-state index contributed by atoms with van der Waals surface area (Å²) in [6.07, 6.45) is 3.23. The average Bonchev–Trinajstić information content (AvgIpc) is 3.21. The van der Waals surface area contributed by atoms with Gasteiger partial charge in [0.2, 0.25) is 0 Å². The lowest BCUT2D eigenvalue weighted by Gasteiger charge is -2.33. The number of urea groups is 1. The van der Waals surface area contributed by atoms with Crippen LogP contribution < -0.4 is 9.80 Å². The molecule has 0 radical (unpaired) electrons. The van der Waals surface area contributed by atoms with Gasteiger partial charge in [0.15, 0.2) is 0 Å². The number of hydrogen-bond acceptors (Lipinski definition) is 4. The topological polar surface area (TPSA) is 86.4 Å². The van der Waals surface area contributed by atoms with Gasteiger partial charge < -0.3 is 4.57 Å². The molecule has 164 valence electrons. The Bertz CT molecular complexity index is 1430. The summed E-state index contributed by atoms with van der Waals surface area (Å²) in [7, 11) is 0. The molecule has 7 heteroatoms. The number of benzene rings is 3. The van der Waals surface area contributed by atoms with Gasteiger partial charge in [-0.2, -0.15) is 5.26 Å². The minimum Gasteiger partial charge on any atom is -0.333 e. The molecule has 0 N–H and O–H groups in total. The largest absolute Gasteiger partial charge is 0.343 e. The Morgan fingerprint density at radius 2 is 1.26 bits per heavy atom. The van der Waals surface area contributed by atoms with Crippen molar-refractivity contribution in [3.8, 4) is 6.07 Å². The van der Waals surface area contributed by atoms with Crippen molar-refractivity contribution in [3.63, 3.8) is 0 Å². The van der Waals surface area contributed by atoms with E-state index in [0.717, 1.165) is 20.7 Å². The van der Waals surface area contributed by atoms with Crippen LogP contribution >= 0.6 is 0 Å². The molecule has 0 spiro atoms. The summed E-state index contributed by atoms with van der Waals surface area (Å²) >= 11 is 0. The van der Waals surface area contributed by atoms with Crippen LogP contribution in [0.3, 0.4) is 0 Å². The maximum absolute atomic E-state index is 13.5. The predicted octanol–water partition coefficient (Wildman–Crippen LogP) is 4.75. The van der Waals surface area contributed by atoms with Crippen molar-refractivity contribution >= 4 is 46.2 Å². The van der Waals surface area contributed by atoms with Crippen molar-refractivity contribution in [3.05, 3.63) is 102 Å². The van der Waals surface area contributed by atoms with E-state index in [1.54, 1.807) is 71.4 Å². The number of amides is 4. The van der Waals surface area contributed by atoms with Gasteiger partial charge in [-0.3, -0.25) is 9.59 Å². The summed E-state index contributed by atoms with van der Waals surface area (Å²) < 4.78 is 1.76. The number of barbiturate groups is 1. The zero-order valence-electron chi connectivity index (χ0n) is 18.0. The van der Waals surface area contributed by atoms with Gasteiger partial charge in [-0.1, -0.05) is 54.6 Å². The molecule has 0 saturated carbocycles. The zero-order valence-corrected chi connectivity index (χ0v) is 18.0. The first kappa shape index (κ1) is 20.9. The van der Waals surface area contributed by atoms with E-state index in [0.29, 0.717) is 16.9 Å². The summed E-state index contributed by atoms with van der Waals surface area (Å²) in [6.45, 7) is 0.121. The first-order chi connectivity index (χ1) is 16.6. The van der Waals surface area contributed by atoms with Crippen LogP contribution in [0, 0.1) is 11.3 Å². The van der Waals surface area contributed by atoms with E-state index in [-0.39, 0.29) is 12.1 Å². The van der Waals surface area contributed by atoms with Crippen LogP contribution in [0.5, 0.6) is 0 Å². The lowest BCUT2D eigenvalue weighted by atomic mass is 10.0. The summed E-state index contributed by atoms with van der Waals surface area (Å²) in [4.78, 5) is 42.5. The zero-order chi connectivity index (χ0) is 23.7. The number of fused-ring (bicyclic) bond motifs is 1. The monoisotopic (exact) mass is 446 g/mol. The highest BCUT2D eigenvalue weighted by Gasteiger charge is 2.43. The van der Waals surface area contributed by atoms with Crippen molar-refractivity contribution in [1.82, 2.24) is 4.57 Å². The van der Waals surface area contributed by atoms with Crippen LogP contribution in [0.25, 0.3) is 17.0 Å². The third kappa shape index (κ3) is 3.44. The Hall–Kier alpha value is -4.96. The van der Waals surface area contributed by atoms with Gasteiger partial charge in [0.05, 0.1) is 17.4 Å². The van der Waals surface area contributed by atoms with Gasteiger partial charge in [0.1, 0.15) is 12.1 Å². The molecule has 5 rings (SSSR count). The van der Waals surface area contributed by atoms with E-state index < -0.39 is 17.8 Å². The molecule has 4 aromatic rings. The first-order valence-corrected chi connectivity index (χ1v) is 10.6. The molecular formula is C27H18N4O3. The molecule has 0 aliphatic carbocycles. The van der Waals surface area contributed by atoms with Crippen LogP contribution in [0.15, 0.2) is 96.7 Å². The normalized spacial score (nSPS) is 14.0. The van der Waals surface area contributed by atoms with Crippen molar-refractivity contribution in [1.29, 1.82) is 5.26 Å². The van der Waals surface area contributed by atoms with Crippen molar-refractivity contribution in [2.24, 2.45) is 0 Å². The standard InChI is InChI=1S/C27H18N4O3/c28-15-16-29-18-19(22-13-7-8-14-24(22)29)17-23-25(32)30(20-9-3-1-4-10-20)27(34)31(26(23)33)21-11-5-2-6-12-21/h1-14,17-18H,16H2. The summed E-state index contributed by atoms with van der Waals surface area (Å²) in [5.74, 6) is -1.41. The SMILES string of the molecule is N#CCn1cc(C=C2C(=O)N(c3ccccc3)C(=O)N(c3ccccc3)C2=O)c2ccccc21. The second kappa shape index (κ2) is 8.52. The molecule has 1 aliphatic rings. The summed E-state index contributed by atoms with van der Waals surface area (Å²) in [6, 6.07) is 25.8. The van der Waals surface area contributed by atoms with Gasteiger partial charge in [0.25, 0.3) is 11.8 Å². The number of nitrogens with zero attached hydrogens (tertiary/aromatic N) is 4. The molecule has 1 aromatic heterocycles. The fourth-order valence-electron chi connectivity index (χ4n) is 4.09. The van der Waals surface area contributed by atoms with Crippen LogP contribution in [0.2, 0.25) is 0 Å². The fourth-order valence-corrected chi connectivity index (χ4v) is 4.09. The molecule has 4 amide bonds. The van der Waals surface area contributed by atoms with Crippen LogP contribution in [0.1, 0.15) is 5.56 Å². The third-order valence-electron chi connectivity index (χ3n) is 5.64. The number of imide groups is 2. The third-order valence-corrected chi connectivity index (χ3v) is 5.64. The van der Waals surface area contributed by atoms with Crippen LogP contribution in [0.4, 0.5) is 16.2 Å². The average molecular weight is 446 g/mol. The molecule has 1 saturated heterocycles. The van der Waals surface area contributed by atoms with Crippen LogP contribution in [-0.2, 0) is 16.1 Å². The quantitative estimate of drug-likeness (QED) is 0.334. The molecule has 1 aliphatic heterocycles. The number of rotatable bonds is 4. The van der Waals surface area contributed by atoms with Crippen molar-refractivity contribution in [2.45, 2.75) is 6.54 Å². The summed E-state index contributed by atoms with van der Waals surface area (Å²) in [5.41, 5.74) is 2.00. The van der Waals surface area contributed by atoms with Gasteiger partial charge in [-0.15, -0.1) is 0 Å². The maximum Gasteiger partial charge on any atom is 0.343 e. The first-order valence-electron chi connectivity index (χ1n) is 10.6. The molecule has 2 heterocycles. The number of carbonyl (C=O) groups excluding carboxylic acids is 3. The molecule has 1 fully saturated rings. The molecule has 0 bridgehead atoms. The van der Waals surface area contributed by atoms with E-state index in [9.17, 15) is 19.6 Å².